The van der Waals surface area contributed by atoms with E-state index in [1.54, 1.807) is 50.2 Å². The van der Waals surface area contributed by atoms with E-state index in [9.17, 15) is 14.7 Å². The van der Waals surface area contributed by atoms with Gasteiger partial charge in [-0.05, 0) is 67.8 Å². The maximum atomic E-state index is 13.0. The number of benzene rings is 3. The van der Waals surface area contributed by atoms with E-state index in [-0.39, 0.29) is 32.8 Å². The van der Waals surface area contributed by atoms with E-state index in [1.165, 1.54) is 17.1 Å². The summed E-state index contributed by atoms with van der Waals surface area (Å²) >= 11 is 25.0. The van der Waals surface area contributed by atoms with Gasteiger partial charge in [0.15, 0.2) is 6.10 Å². The van der Waals surface area contributed by atoms with Crippen molar-refractivity contribution in [2.75, 3.05) is 10.3 Å². The Hall–Kier alpha value is -3.17. The summed E-state index contributed by atoms with van der Waals surface area (Å²) in [5, 5.41) is 15.2. The Bertz CT molecular complexity index is 1530. The molecule has 1 aliphatic heterocycles. The van der Waals surface area contributed by atoms with Crippen LogP contribution in [0.15, 0.2) is 53.5 Å². The van der Waals surface area contributed by atoms with Gasteiger partial charge in [0.1, 0.15) is 23.0 Å². The minimum Gasteiger partial charge on any atom is -0.508 e. The summed E-state index contributed by atoms with van der Waals surface area (Å²) in [7, 11) is 0. The Morgan fingerprint density at radius 3 is 2.34 bits per heavy atom. The number of nitrogens with one attached hydrogen (secondary N) is 2. The zero-order valence-corrected chi connectivity index (χ0v) is 25.9. The van der Waals surface area contributed by atoms with Crippen LogP contribution in [-0.2, 0) is 15.0 Å². The van der Waals surface area contributed by atoms with Crippen molar-refractivity contribution in [1.29, 1.82) is 0 Å². The van der Waals surface area contributed by atoms with Gasteiger partial charge in [0.2, 0.25) is 0 Å². The number of carbonyl (C=O) groups excluding carboxylic acids is 2. The lowest BCUT2D eigenvalue weighted by Crippen LogP contribution is -2.36. The quantitative estimate of drug-likeness (QED) is 0.255. The molecule has 41 heavy (non-hydrogen) atoms. The van der Waals surface area contributed by atoms with Crippen molar-refractivity contribution < 1.29 is 19.4 Å². The van der Waals surface area contributed by atoms with Gasteiger partial charge in [-0.1, -0.05) is 67.2 Å². The lowest BCUT2D eigenvalue weighted by atomic mass is 9.86. The molecule has 3 aromatic rings. The number of hydrogen-bond acceptors (Lipinski definition) is 5. The fourth-order valence-corrected chi connectivity index (χ4v) is 5.26. The van der Waals surface area contributed by atoms with Gasteiger partial charge in [0.05, 0.1) is 26.7 Å². The molecule has 8 nitrogen and oxygen atoms in total. The zero-order valence-electron chi connectivity index (χ0n) is 22.9. The number of carbonyl (C=O) groups is 2. The number of phenols is 1. The Morgan fingerprint density at radius 1 is 1.05 bits per heavy atom. The second-order valence-electron chi connectivity index (χ2n) is 10.6. The third-order valence-electron chi connectivity index (χ3n) is 6.35. The molecule has 4 rings (SSSR count). The Morgan fingerprint density at radius 2 is 1.71 bits per heavy atom. The van der Waals surface area contributed by atoms with Crippen molar-refractivity contribution in [2.24, 2.45) is 10.9 Å². The molecule has 3 aromatic carbocycles. The van der Waals surface area contributed by atoms with Crippen LogP contribution in [0, 0.1) is 5.92 Å². The van der Waals surface area contributed by atoms with Crippen LogP contribution in [0.1, 0.15) is 40.2 Å². The molecule has 216 valence electrons. The topological polar surface area (TPSA) is 103 Å². The van der Waals surface area contributed by atoms with Gasteiger partial charge in [0, 0.05) is 16.3 Å². The highest BCUT2D eigenvalue weighted by atomic mass is 35.5. The monoisotopic (exact) mass is 636 g/mol. The highest BCUT2D eigenvalue weighted by Gasteiger charge is 2.37. The molecule has 0 bridgehead atoms. The van der Waals surface area contributed by atoms with Crippen LogP contribution in [0.3, 0.4) is 0 Å². The van der Waals surface area contributed by atoms with Gasteiger partial charge < -0.3 is 15.2 Å². The fraction of sp³-hybridized carbons (Fsp3) is 0.276. The van der Waals surface area contributed by atoms with Crippen LogP contribution >= 0.6 is 46.4 Å². The van der Waals surface area contributed by atoms with Crippen molar-refractivity contribution in [1.82, 2.24) is 5.43 Å². The number of anilines is 2. The van der Waals surface area contributed by atoms with Crippen molar-refractivity contribution in [2.45, 2.75) is 46.1 Å². The second-order valence-corrected chi connectivity index (χ2v) is 12.2. The highest BCUT2D eigenvalue weighted by Crippen LogP contribution is 2.39. The summed E-state index contributed by atoms with van der Waals surface area (Å²) in [4.78, 5) is 30.5. The molecular formula is C29H28Cl4N4O4. The van der Waals surface area contributed by atoms with E-state index in [0.29, 0.717) is 38.6 Å². The van der Waals surface area contributed by atoms with Crippen LogP contribution < -0.4 is 20.5 Å². The van der Waals surface area contributed by atoms with Crippen LogP contribution in [0.25, 0.3) is 0 Å². The number of aliphatic imine (C=N–C) groups is 1. The van der Waals surface area contributed by atoms with Crippen LogP contribution in [0.4, 0.5) is 17.1 Å². The number of halogens is 4. The first kappa shape index (κ1) is 30.8. The molecule has 2 amide bonds. The SMILES string of the molecule is CC(Oc1ccc(O)c(C(C)(C)C)c1)C(=O)Nc1ccc(Cl)c(N=C2NN(c3c(Cl)cc(Cl)cc3Cl)C(=O)C2C)c1. The third kappa shape index (κ3) is 6.84. The highest BCUT2D eigenvalue weighted by molar-refractivity contribution is 6.43. The molecule has 1 aliphatic rings. The molecule has 2 unspecified atom stereocenters. The molecule has 0 aromatic heterocycles. The third-order valence-corrected chi connectivity index (χ3v) is 7.46. The number of phenolic OH excluding ortho intramolecular Hbond substituents is 1. The van der Waals surface area contributed by atoms with E-state index in [4.69, 9.17) is 51.1 Å². The minimum atomic E-state index is -0.852. The Balaban J connectivity index is 1.51. The van der Waals surface area contributed by atoms with Gasteiger partial charge in [0.25, 0.3) is 11.8 Å². The van der Waals surface area contributed by atoms with E-state index >= 15 is 0 Å². The van der Waals surface area contributed by atoms with Crippen LogP contribution in [0.2, 0.25) is 20.1 Å². The molecule has 1 heterocycles. The van der Waals surface area contributed by atoms with Gasteiger partial charge >= 0.3 is 0 Å². The molecule has 1 saturated heterocycles. The Labute approximate surface area is 258 Å². The lowest BCUT2D eigenvalue weighted by Gasteiger charge is -2.22. The van der Waals surface area contributed by atoms with Gasteiger partial charge in [-0.15, -0.1) is 0 Å². The molecular weight excluding hydrogens is 610 g/mol. The summed E-state index contributed by atoms with van der Waals surface area (Å²) in [6, 6.07) is 12.6. The Kier molecular flexibility index (Phi) is 8.99. The van der Waals surface area contributed by atoms with E-state index < -0.39 is 17.9 Å². The minimum absolute atomic E-state index is 0.160. The number of amidine groups is 1. The van der Waals surface area contributed by atoms with Gasteiger partial charge in [-0.25, -0.2) is 10.0 Å². The van der Waals surface area contributed by atoms with E-state index in [1.807, 2.05) is 20.8 Å². The summed E-state index contributed by atoms with van der Waals surface area (Å²) in [5.41, 5.74) is 4.34. The average Bonchev–Trinajstić information content (AvgIpc) is 3.14. The van der Waals surface area contributed by atoms with Crippen molar-refractivity contribution in [3.05, 3.63) is 74.2 Å². The molecule has 12 heteroatoms. The summed E-state index contributed by atoms with van der Waals surface area (Å²) in [5.74, 6) is -0.477. The molecule has 0 aliphatic carbocycles. The smallest absolute Gasteiger partial charge is 0.265 e. The molecule has 3 N–H and O–H groups in total. The van der Waals surface area contributed by atoms with Crippen molar-refractivity contribution in [3.8, 4) is 11.5 Å². The first-order valence-corrected chi connectivity index (χ1v) is 14.1. The van der Waals surface area contributed by atoms with Crippen LogP contribution in [0.5, 0.6) is 11.5 Å². The maximum Gasteiger partial charge on any atom is 0.265 e. The number of rotatable bonds is 6. The number of amides is 2. The molecule has 2 atom stereocenters. The van der Waals surface area contributed by atoms with Crippen molar-refractivity contribution >= 4 is 81.1 Å². The largest absolute Gasteiger partial charge is 0.508 e. The summed E-state index contributed by atoms with van der Waals surface area (Å²) in [6.07, 6.45) is -0.852. The molecule has 0 saturated carbocycles. The zero-order chi connectivity index (χ0) is 30.2. The first-order chi connectivity index (χ1) is 19.1. The fourth-order valence-electron chi connectivity index (χ4n) is 4.11. The molecule has 0 radical (unpaired) electrons. The van der Waals surface area contributed by atoms with E-state index in [0.717, 1.165) is 0 Å². The maximum absolute atomic E-state index is 13.0. The number of nitrogens with zero attached hydrogens (tertiary/aromatic N) is 2. The predicted octanol–water partition coefficient (Wildman–Crippen LogP) is 7.93. The van der Waals surface area contributed by atoms with E-state index in [2.05, 4.69) is 15.7 Å². The number of hydrazine groups is 1. The standard InChI is InChI=1S/C29H28Cl4N4O4/c1-14-26(36-37(28(14)40)25-21(32)10-16(30)11-22(25)33)35-23-12-17(6-8-20(23)31)34-27(39)15(2)41-18-7-9-24(38)19(13-18)29(3,4)5/h6-15,38H,1-5H3,(H,34,39)(H,35,36). The number of ether oxygens (including phenoxy) is 1. The van der Waals surface area contributed by atoms with Crippen molar-refractivity contribution in [3.63, 3.8) is 0 Å². The normalized spacial score (nSPS) is 17.0. The number of hydrogen-bond donors (Lipinski definition) is 3. The molecule has 0 spiro atoms. The molecule has 1 fully saturated rings. The second kappa shape index (κ2) is 12.0. The summed E-state index contributed by atoms with van der Waals surface area (Å²) < 4.78 is 5.85. The lowest BCUT2D eigenvalue weighted by molar-refractivity contribution is -0.122. The predicted molar refractivity (Wildman–Crippen MR) is 165 cm³/mol. The number of aromatic hydroxyl groups is 1. The van der Waals surface area contributed by atoms with Gasteiger partial charge in [-0.3, -0.25) is 15.0 Å². The first-order valence-electron chi connectivity index (χ1n) is 12.6. The van der Waals surface area contributed by atoms with Crippen LogP contribution in [-0.4, -0.2) is 28.9 Å². The summed E-state index contributed by atoms with van der Waals surface area (Å²) in [6.45, 7) is 9.22. The average molecular weight is 638 g/mol. The van der Waals surface area contributed by atoms with Gasteiger partial charge in [-0.2, -0.15) is 0 Å².